The fourth-order valence-electron chi connectivity index (χ4n) is 5.16. The van der Waals surface area contributed by atoms with Crippen molar-refractivity contribution < 1.29 is 24.2 Å². The number of carbonyl (C=O) groups excluding carboxylic acids is 2. The first-order valence-corrected chi connectivity index (χ1v) is 11.6. The molecule has 0 aliphatic carbocycles. The van der Waals surface area contributed by atoms with Crippen molar-refractivity contribution in [2.24, 2.45) is 17.6 Å². The molecule has 1 heterocycles. The topological polar surface area (TPSA) is 104 Å². The second kappa shape index (κ2) is 10.4. The van der Waals surface area contributed by atoms with Crippen molar-refractivity contribution in [3.05, 3.63) is 94.8 Å². The van der Waals surface area contributed by atoms with Gasteiger partial charge in [0.25, 0.3) is 0 Å². The summed E-state index contributed by atoms with van der Waals surface area (Å²) in [5.41, 5.74) is 7.48. The van der Waals surface area contributed by atoms with E-state index >= 15 is 0 Å². The molecule has 3 aromatic rings. The number of rotatable bonds is 7. The highest BCUT2D eigenvalue weighted by Gasteiger charge is 2.45. The van der Waals surface area contributed by atoms with Crippen LogP contribution >= 0.6 is 0 Å². The number of likely N-dealkylation sites (tertiary alicyclic amines) is 1. The molecule has 1 aliphatic heterocycles. The van der Waals surface area contributed by atoms with Crippen LogP contribution < -0.4 is 5.73 Å². The first kappa shape index (κ1) is 24.6. The monoisotopic (exact) mass is 476 g/mol. The smallest absolute Gasteiger partial charge is 0.167 e. The zero-order valence-electron chi connectivity index (χ0n) is 19.5. The van der Waals surface area contributed by atoms with Crippen molar-refractivity contribution in [3.63, 3.8) is 0 Å². The van der Waals surface area contributed by atoms with Crippen molar-refractivity contribution in [3.8, 4) is 11.5 Å². The summed E-state index contributed by atoms with van der Waals surface area (Å²) >= 11 is 0. The van der Waals surface area contributed by atoms with E-state index in [2.05, 4.69) is 0 Å². The Kier molecular flexibility index (Phi) is 7.28. The quantitative estimate of drug-likeness (QED) is 0.447. The normalized spacial score (nSPS) is 18.9. The lowest BCUT2D eigenvalue weighted by atomic mass is 9.68. The number of aromatic hydroxyl groups is 2. The minimum atomic E-state index is -0.677. The van der Waals surface area contributed by atoms with Crippen LogP contribution in [0.5, 0.6) is 11.5 Å². The first-order chi connectivity index (χ1) is 16.8. The minimum Gasteiger partial charge on any atom is -0.508 e. The number of ketones is 2. The number of piperidine rings is 1. The summed E-state index contributed by atoms with van der Waals surface area (Å²) < 4.78 is 14.7. The molecule has 0 saturated carbocycles. The number of nitrogens with two attached hydrogens (primary N) is 1. The Bertz CT molecular complexity index is 1180. The van der Waals surface area contributed by atoms with Gasteiger partial charge in [-0.2, -0.15) is 0 Å². The number of hydrogen-bond donors (Lipinski definition) is 3. The van der Waals surface area contributed by atoms with E-state index in [1.807, 2.05) is 4.90 Å². The molecule has 0 radical (unpaired) electrons. The summed E-state index contributed by atoms with van der Waals surface area (Å²) in [6.07, 6.45) is 0. The zero-order valence-corrected chi connectivity index (χ0v) is 19.5. The average Bonchev–Trinajstić information content (AvgIpc) is 2.85. The average molecular weight is 477 g/mol. The molecule has 7 heteroatoms. The lowest BCUT2D eigenvalue weighted by molar-refractivity contribution is 0.0578. The lowest BCUT2D eigenvalue weighted by Crippen LogP contribution is -2.51. The maximum Gasteiger partial charge on any atom is 0.167 e. The molecule has 182 valence electrons. The third-order valence-electron chi connectivity index (χ3n) is 6.83. The molecular weight excluding hydrogens is 447 g/mol. The summed E-state index contributed by atoms with van der Waals surface area (Å²) in [6, 6.07) is 17.0. The Morgan fingerprint density at radius 1 is 0.914 bits per heavy atom. The van der Waals surface area contributed by atoms with Crippen molar-refractivity contribution in [2.45, 2.75) is 12.8 Å². The van der Waals surface area contributed by atoms with Crippen LogP contribution in [-0.4, -0.2) is 52.9 Å². The van der Waals surface area contributed by atoms with E-state index in [4.69, 9.17) is 5.73 Å². The number of phenolic OH excluding ortho intramolecular Hbond substituents is 2. The predicted octanol–water partition coefficient (Wildman–Crippen LogP) is 3.90. The van der Waals surface area contributed by atoms with Crippen LogP contribution in [0.1, 0.15) is 37.8 Å². The van der Waals surface area contributed by atoms with Crippen LogP contribution in [0.15, 0.2) is 66.7 Å². The van der Waals surface area contributed by atoms with Crippen LogP contribution in [0.2, 0.25) is 0 Å². The fraction of sp³-hybridized carbons (Fsp3) is 0.286. The third kappa shape index (κ3) is 5.11. The highest BCUT2D eigenvalue weighted by molar-refractivity contribution is 6.02. The molecule has 0 bridgehead atoms. The van der Waals surface area contributed by atoms with E-state index in [1.165, 1.54) is 30.3 Å². The summed E-state index contributed by atoms with van der Waals surface area (Å²) in [7, 11) is 0. The van der Waals surface area contributed by atoms with Gasteiger partial charge in [-0.15, -0.1) is 0 Å². The summed E-state index contributed by atoms with van der Waals surface area (Å²) in [5, 5.41) is 19.9. The molecular formula is C28H29FN2O4. The molecule has 2 atom stereocenters. The number of halogens is 1. The van der Waals surface area contributed by atoms with Crippen molar-refractivity contribution in [2.75, 3.05) is 26.2 Å². The molecule has 1 fully saturated rings. The van der Waals surface area contributed by atoms with E-state index in [0.29, 0.717) is 48.4 Å². The van der Waals surface area contributed by atoms with Gasteiger partial charge in [0.2, 0.25) is 0 Å². The van der Waals surface area contributed by atoms with Crippen molar-refractivity contribution in [1.29, 1.82) is 0 Å². The van der Waals surface area contributed by atoms with E-state index in [-0.39, 0.29) is 23.1 Å². The molecule has 4 rings (SSSR count). The number of benzene rings is 3. The van der Waals surface area contributed by atoms with Gasteiger partial charge in [-0.25, -0.2) is 4.39 Å². The van der Waals surface area contributed by atoms with Crippen LogP contribution in [0, 0.1) is 24.6 Å². The van der Waals surface area contributed by atoms with Crippen molar-refractivity contribution in [1.82, 2.24) is 4.90 Å². The maximum atomic E-state index is 14.7. The van der Waals surface area contributed by atoms with E-state index in [1.54, 1.807) is 43.3 Å². The Morgan fingerprint density at radius 2 is 1.43 bits per heavy atom. The maximum absolute atomic E-state index is 14.7. The number of carbonyl (C=O) groups is 2. The minimum absolute atomic E-state index is 0.0312. The Balaban J connectivity index is 1.86. The van der Waals surface area contributed by atoms with Gasteiger partial charge in [-0.1, -0.05) is 36.4 Å². The second-order valence-electron chi connectivity index (χ2n) is 9.07. The van der Waals surface area contributed by atoms with Crippen LogP contribution in [0.4, 0.5) is 4.39 Å². The van der Waals surface area contributed by atoms with Gasteiger partial charge in [0.05, 0.1) is 0 Å². The third-order valence-corrected chi connectivity index (χ3v) is 6.83. The number of phenols is 2. The summed E-state index contributed by atoms with van der Waals surface area (Å²) in [5.74, 6) is -2.89. The van der Waals surface area contributed by atoms with Gasteiger partial charge < -0.3 is 20.8 Å². The molecule has 4 N–H and O–H groups in total. The van der Waals surface area contributed by atoms with E-state index in [9.17, 15) is 24.2 Å². The number of Topliss-reactive ketones (excluding diaryl/α,β-unsaturated/α-hetero) is 2. The van der Waals surface area contributed by atoms with Crippen LogP contribution in [0.25, 0.3) is 0 Å². The van der Waals surface area contributed by atoms with Gasteiger partial charge in [-0.3, -0.25) is 9.59 Å². The SMILES string of the molecule is Cc1c(F)cccc1C1[C@@H](C(=O)c2cccc(O)c2)CN(CCN)C[C@@H]1C(=O)c1cccc(O)c1. The molecule has 1 saturated heterocycles. The molecule has 6 nitrogen and oxygen atoms in total. The van der Waals surface area contributed by atoms with Gasteiger partial charge in [-0.05, 0) is 48.4 Å². The Morgan fingerprint density at radius 3 is 1.91 bits per heavy atom. The first-order valence-electron chi connectivity index (χ1n) is 11.6. The molecule has 3 aromatic carbocycles. The van der Waals surface area contributed by atoms with Crippen LogP contribution in [-0.2, 0) is 0 Å². The molecule has 0 spiro atoms. The highest BCUT2D eigenvalue weighted by atomic mass is 19.1. The molecule has 0 amide bonds. The molecule has 1 aliphatic rings. The predicted molar refractivity (Wildman–Crippen MR) is 131 cm³/mol. The Labute approximate surface area is 203 Å². The number of hydrogen-bond acceptors (Lipinski definition) is 6. The summed E-state index contributed by atoms with van der Waals surface area (Å²) in [6.45, 7) is 3.18. The second-order valence-corrected chi connectivity index (χ2v) is 9.07. The molecule has 35 heavy (non-hydrogen) atoms. The van der Waals surface area contributed by atoms with E-state index < -0.39 is 23.6 Å². The fourth-order valence-corrected chi connectivity index (χ4v) is 5.16. The lowest BCUT2D eigenvalue weighted by Gasteiger charge is -2.43. The van der Waals surface area contributed by atoms with Crippen molar-refractivity contribution >= 4 is 11.6 Å². The van der Waals surface area contributed by atoms with Gasteiger partial charge in [0.15, 0.2) is 11.6 Å². The van der Waals surface area contributed by atoms with E-state index in [0.717, 1.165) is 0 Å². The van der Waals surface area contributed by atoms with Gasteiger partial charge in [0, 0.05) is 55.1 Å². The number of nitrogens with zero attached hydrogens (tertiary/aromatic N) is 1. The highest BCUT2D eigenvalue weighted by Crippen LogP contribution is 2.42. The molecule has 0 aromatic heterocycles. The van der Waals surface area contributed by atoms with Gasteiger partial charge >= 0.3 is 0 Å². The Hall–Kier alpha value is -3.55. The zero-order chi connectivity index (χ0) is 25.1. The largest absolute Gasteiger partial charge is 0.508 e. The molecule has 0 unspecified atom stereocenters. The van der Waals surface area contributed by atoms with Crippen LogP contribution in [0.3, 0.4) is 0 Å². The standard InChI is InChI=1S/C28H29FN2O4/c1-17-22(9-4-10-25(17)29)26-23(27(34)18-5-2-7-20(32)13-18)15-31(12-11-30)16-24(26)28(35)19-6-3-8-21(33)14-19/h2-10,13-14,23-24,26,32-33H,11-12,15-16,30H2,1H3/t23-,24-/m0/s1. The summed E-state index contributed by atoms with van der Waals surface area (Å²) in [4.78, 5) is 29.6. The van der Waals surface area contributed by atoms with Gasteiger partial charge in [0.1, 0.15) is 17.3 Å².